The van der Waals surface area contributed by atoms with Gasteiger partial charge in [-0.3, -0.25) is 4.79 Å². The Kier molecular flexibility index (Phi) is 5.27. The molecule has 2 N–H and O–H groups in total. The Balaban J connectivity index is 2.15. The second-order valence-electron chi connectivity index (χ2n) is 5.21. The van der Waals surface area contributed by atoms with Crippen LogP contribution < -0.4 is 10.6 Å². The fourth-order valence-electron chi connectivity index (χ4n) is 2.05. The van der Waals surface area contributed by atoms with Crippen LogP contribution in [0.1, 0.15) is 11.1 Å². The molecule has 2 rings (SSSR count). The van der Waals surface area contributed by atoms with Crippen molar-refractivity contribution in [3.8, 4) is 6.07 Å². The number of aryl methyl sites for hydroxylation is 2. The topological polar surface area (TPSA) is 64.9 Å². The number of halogens is 2. The predicted octanol–water partition coefficient (Wildman–Crippen LogP) is 4.04. The van der Waals surface area contributed by atoms with Crippen LogP contribution in [0.4, 0.5) is 20.2 Å². The number of carbonyl (C=O) groups is 1. The van der Waals surface area contributed by atoms with Gasteiger partial charge in [-0.2, -0.15) is 5.26 Å². The molecule has 2 aromatic rings. The summed E-state index contributed by atoms with van der Waals surface area (Å²) in [6.07, 6.45) is 1.08. The molecule has 0 heterocycles. The van der Waals surface area contributed by atoms with E-state index >= 15 is 0 Å². The molecule has 0 fully saturated rings. The Labute approximate surface area is 138 Å². The number of hydrogen-bond acceptors (Lipinski definition) is 3. The SMILES string of the molecule is Cc1ccc(NC(=O)/C(C#N)=C\Nc2ccc(F)cc2F)c(C)c1. The van der Waals surface area contributed by atoms with Crippen molar-refractivity contribution in [3.05, 3.63) is 70.9 Å². The highest BCUT2D eigenvalue weighted by Gasteiger charge is 2.11. The third kappa shape index (κ3) is 4.17. The minimum atomic E-state index is -0.821. The van der Waals surface area contributed by atoms with Crippen molar-refractivity contribution < 1.29 is 13.6 Å². The smallest absolute Gasteiger partial charge is 0.267 e. The van der Waals surface area contributed by atoms with Crippen LogP contribution in [-0.2, 0) is 4.79 Å². The summed E-state index contributed by atoms with van der Waals surface area (Å²) in [4.78, 5) is 12.1. The Morgan fingerprint density at radius 3 is 2.46 bits per heavy atom. The summed E-state index contributed by atoms with van der Waals surface area (Å²) in [6, 6.07) is 10.2. The average molecular weight is 327 g/mol. The van der Waals surface area contributed by atoms with Crippen LogP contribution in [0.5, 0.6) is 0 Å². The lowest BCUT2D eigenvalue weighted by atomic mass is 10.1. The molecule has 0 unspecified atom stereocenters. The number of anilines is 2. The van der Waals surface area contributed by atoms with Crippen molar-refractivity contribution in [1.82, 2.24) is 0 Å². The summed E-state index contributed by atoms with van der Waals surface area (Å²) >= 11 is 0. The van der Waals surface area contributed by atoms with E-state index in [0.29, 0.717) is 11.8 Å². The molecule has 0 saturated heterocycles. The lowest BCUT2D eigenvalue weighted by molar-refractivity contribution is -0.112. The maximum absolute atomic E-state index is 13.5. The maximum Gasteiger partial charge on any atom is 0.267 e. The fraction of sp³-hybridized carbons (Fsp3) is 0.111. The van der Waals surface area contributed by atoms with Crippen molar-refractivity contribution in [2.75, 3.05) is 10.6 Å². The van der Waals surface area contributed by atoms with E-state index in [1.807, 2.05) is 26.0 Å². The monoisotopic (exact) mass is 327 g/mol. The molecule has 1 amide bonds. The van der Waals surface area contributed by atoms with Crippen LogP contribution in [0.2, 0.25) is 0 Å². The molecular formula is C18H15F2N3O. The van der Waals surface area contributed by atoms with Gasteiger partial charge >= 0.3 is 0 Å². The van der Waals surface area contributed by atoms with Gasteiger partial charge in [0.2, 0.25) is 0 Å². The molecule has 122 valence electrons. The summed E-state index contributed by atoms with van der Waals surface area (Å²) in [5.74, 6) is -2.16. The Bertz CT molecular complexity index is 854. The fourth-order valence-corrected chi connectivity index (χ4v) is 2.05. The maximum atomic E-state index is 13.5. The molecule has 0 bridgehead atoms. The molecule has 0 spiro atoms. The molecule has 0 aliphatic carbocycles. The molecule has 4 nitrogen and oxygen atoms in total. The molecular weight excluding hydrogens is 312 g/mol. The average Bonchev–Trinajstić information content (AvgIpc) is 2.52. The Hall–Kier alpha value is -3.20. The van der Waals surface area contributed by atoms with Gasteiger partial charge in [-0.05, 0) is 37.6 Å². The molecule has 24 heavy (non-hydrogen) atoms. The van der Waals surface area contributed by atoms with Crippen LogP contribution in [0.25, 0.3) is 0 Å². The van der Waals surface area contributed by atoms with Crippen molar-refractivity contribution in [1.29, 1.82) is 5.26 Å². The second kappa shape index (κ2) is 7.38. The standard InChI is InChI=1S/C18H15F2N3O/c1-11-3-5-16(12(2)7-11)23-18(24)13(9-21)10-22-17-6-4-14(19)8-15(17)20/h3-8,10,22H,1-2H3,(H,23,24)/b13-10-. The van der Waals surface area contributed by atoms with Gasteiger partial charge in [-0.1, -0.05) is 17.7 Å². The summed E-state index contributed by atoms with van der Waals surface area (Å²) < 4.78 is 26.4. The molecule has 2 aromatic carbocycles. The number of nitrogens with zero attached hydrogens (tertiary/aromatic N) is 1. The van der Waals surface area contributed by atoms with Crippen molar-refractivity contribution >= 4 is 17.3 Å². The van der Waals surface area contributed by atoms with E-state index < -0.39 is 17.5 Å². The minimum Gasteiger partial charge on any atom is -0.358 e. The van der Waals surface area contributed by atoms with Crippen molar-refractivity contribution in [2.24, 2.45) is 0 Å². The minimum absolute atomic E-state index is 0.0385. The van der Waals surface area contributed by atoms with Crippen LogP contribution in [-0.4, -0.2) is 5.91 Å². The summed E-state index contributed by atoms with van der Waals surface area (Å²) in [5, 5.41) is 14.2. The van der Waals surface area contributed by atoms with Gasteiger partial charge in [-0.15, -0.1) is 0 Å². The number of hydrogen-bond donors (Lipinski definition) is 2. The van der Waals surface area contributed by atoms with Gasteiger partial charge in [0.05, 0.1) is 5.69 Å². The van der Waals surface area contributed by atoms with Crippen molar-refractivity contribution in [2.45, 2.75) is 13.8 Å². The lowest BCUT2D eigenvalue weighted by Gasteiger charge is -2.09. The zero-order valence-corrected chi connectivity index (χ0v) is 13.2. The quantitative estimate of drug-likeness (QED) is 0.658. The highest BCUT2D eigenvalue weighted by Crippen LogP contribution is 2.18. The molecule has 0 saturated carbocycles. The predicted molar refractivity (Wildman–Crippen MR) is 88.2 cm³/mol. The largest absolute Gasteiger partial charge is 0.358 e. The van der Waals surface area contributed by atoms with Crippen LogP contribution in [0.3, 0.4) is 0 Å². The Morgan fingerprint density at radius 1 is 1.12 bits per heavy atom. The van der Waals surface area contributed by atoms with E-state index in [1.54, 1.807) is 12.1 Å². The molecule has 0 radical (unpaired) electrons. The van der Waals surface area contributed by atoms with E-state index in [4.69, 9.17) is 5.26 Å². The van der Waals surface area contributed by atoms with Crippen LogP contribution in [0.15, 0.2) is 48.2 Å². The first-order valence-electron chi connectivity index (χ1n) is 7.11. The summed E-state index contributed by atoms with van der Waals surface area (Å²) in [7, 11) is 0. The second-order valence-corrected chi connectivity index (χ2v) is 5.21. The number of nitrogens with one attached hydrogen (secondary N) is 2. The summed E-state index contributed by atoms with van der Waals surface area (Å²) in [6.45, 7) is 3.77. The van der Waals surface area contributed by atoms with E-state index in [2.05, 4.69) is 10.6 Å². The first kappa shape index (κ1) is 17.2. The number of nitriles is 1. The van der Waals surface area contributed by atoms with Gasteiger partial charge in [0, 0.05) is 18.0 Å². The number of rotatable bonds is 4. The first-order valence-corrected chi connectivity index (χ1v) is 7.11. The molecule has 0 aliphatic rings. The van der Waals surface area contributed by atoms with Crippen LogP contribution >= 0.6 is 0 Å². The highest BCUT2D eigenvalue weighted by atomic mass is 19.1. The van der Waals surface area contributed by atoms with Gasteiger partial charge < -0.3 is 10.6 Å². The van der Waals surface area contributed by atoms with E-state index in [-0.39, 0.29) is 11.3 Å². The molecule has 6 heteroatoms. The van der Waals surface area contributed by atoms with Crippen molar-refractivity contribution in [3.63, 3.8) is 0 Å². The normalized spacial score (nSPS) is 10.9. The van der Waals surface area contributed by atoms with E-state index in [1.165, 1.54) is 6.07 Å². The van der Waals surface area contributed by atoms with Gasteiger partial charge in [0.25, 0.3) is 5.91 Å². The summed E-state index contributed by atoms with van der Waals surface area (Å²) in [5.41, 5.74) is 2.22. The zero-order chi connectivity index (χ0) is 17.7. The van der Waals surface area contributed by atoms with E-state index in [0.717, 1.165) is 23.4 Å². The first-order chi connectivity index (χ1) is 11.4. The third-order valence-electron chi connectivity index (χ3n) is 3.30. The van der Waals surface area contributed by atoms with Gasteiger partial charge in [0.1, 0.15) is 23.3 Å². The molecule has 0 aromatic heterocycles. The molecule has 0 atom stereocenters. The number of carbonyl (C=O) groups excluding carboxylic acids is 1. The van der Waals surface area contributed by atoms with Gasteiger partial charge in [0.15, 0.2) is 0 Å². The Morgan fingerprint density at radius 2 is 1.83 bits per heavy atom. The zero-order valence-electron chi connectivity index (χ0n) is 13.2. The molecule has 0 aliphatic heterocycles. The third-order valence-corrected chi connectivity index (χ3v) is 3.30. The van der Waals surface area contributed by atoms with E-state index in [9.17, 15) is 13.6 Å². The van der Waals surface area contributed by atoms with Crippen LogP contribution in [0, 0.1) is 36.8 Å². The lowest BCUT2D eigenvalue weighted by Crippen LogP contribution is -2.15. The number of amides is 1. The van der Waals surface area contributed by atoms with Gasteiger partial charge in [-0.25, -0.2) is 8.78 Å². The highest BCUT2D eigenvalue weighted by molar-refractivity contribution is 6.07. The number of benzene rings is 2.